The fraction of sp³-hybridized carbons (Fsp3) is 0.426. The quantitative estimate of drug-likeness (QED) is 0.130. The number of aromatic nitrogens is 5. The van der Waals surface area contributed by atoms with Crippen LogP contribution in [0.25, 0.3) is 33.2 Å². The van der Waals surface area contributed by atoms with Crippen LogP contribution in [0.4, 0.5) is 20.6 Å². The third-order valence-electron chi connectivity index (χ3n) is 12.9. The Morgan fingerprint density at radius 3 is 2.47 bits per heavy atom. The molecule has 3 saturated heterocycles. The van der Waals surface area contributed by atoms with E-state index in [1.54, 1.807) is 12.4 Å². The molecule has 0 bridgehead atoms. The number of benzene rings is 3. The standard InChI is InChI=1S/C47H53FN10O4/c1-27-22-32(7-9-34(27)28(2)51-43(60)44-54-45(55-62-44)47(3,4)5)41-40-35-10-6-31(23-37(35)52-42(40)50-26-49-41)30-14-17-56(18-15-30)25-29-12-19-57(20-13-29)33-8-11-38(36(48)24-33)58-21-16-39(59)53-46(58)61/h6-11,22-24,26,28-30H,12-21,25H2,1-5H3,(H,51,60)(H,49,50,52)(H,53,59,61)/t28-/m1/s1. The van der Waals surface area contributed by atoms with Gasteiger partial charge < -0.3 is 24.6 Å². The molecule has 0 spiro atoms. The molecule has 322 valence electrons. The van der Waals surface area contributed by atoms with E-state index in [2.05, 4.69) is 64.8 Å². The molecule has 15 heteroatoms. The number of anilines is 2. The lowest BCUT2D eigenvalue weighted by Gasteiger charge is -2.38. The van der Waals surface area contributed by atoms with Crippen molar-refractivity contribution in [3.05, 3.63) is 95.1 Å². The average molecular weight is 841 g/mol. The maximum absolute atomic E-state index is 15.2. The summed E-state index contributed by atoms with van der Waals surface area (Å²) in [5.74, 6) is 0.301. The molecule has 14 nitrogen and oxygen atoms in total. The molecule has 0 unspecified atom stereocenters. The van der Waals surface area contributed by atoms with Crippen LogP contribution in [-0.2, 0) is 10.2 Å². The van der Waals surface area contributed by atoms with E-state index in [0.29, 0.717) is 17.7 Å². The Kier molecular flexibility index (Phi) is 11.0. The fourth-order valence-electron chi connectivity index (χ4n) is 9.38. The van der Waals surface area contributed by atoms with Crippen LogP contribution in [0.5, 0.6) is 0 Å². The number of carbonyl (C=O) groups is 3. The number of likely N-dealkylation sites (tertiary alicyclic amines) is 1. The van der Waals surface area contributed by atoms with Gasteiger partial charge in [-0.05, 0) is 111 Å². The summed E-state index contributed by atoms with van der Waals surface area (Å²) in [6, 6.07) is 17.1. The van der Waals surface area contributed by atoms with Crippen molar-refractivity contribution >= 4 is 51.2 Å². The van der Waals surface area contributed by atoms with Gasteiger partial charge in [0.05, 0.1) is 22.8 Å². The van der Waals surface area contributed by atoms with E-state index < -0.39 is 17.8 Å². The number of imide groups is 1. The number of aryl methyl sites for hydroxylation is 1. The monoisotopic (exact) mass is 840 g/mol. The first-order valence-corrected chi connectivity index (χ1v) is 21.7. The molecule has 3 aromatic carbocycles. The van der Waals surface area contributed by atoms with E-state index in [1.165, 1.54) is 16.5 Å². The molecule has 3 aromatic heterocycles. The number of aromatic amines is 1. The molecular weight excluding hydrogens is 788 g/mol. The molecule has 1 atom stereocenters. The van der Waals surface area contributed by atoms with Gasteiger partial charge in [0.2, 0.25) is 5.91 Å². The summed E-state index contributed by atoms with van der Waals surface area (Å²) >= 11 is 0. The Morgan fingerprint density at radius 2 is 1.76 bits per heavy atom. The number of fused-ring (bicyclic) bond motifs is 3. The highest BCUT2D eigenvalue weighted by Crippen LogP contribution is 2.37. The molecule has 6 heterocycles. The highest BCUT2D eigenvalue weighted by Gasteiger charge is 2.30. The number of piperidine rings is 2. The number of H-pyrrole nitrogens is 1. The molecule has 6 aromatic rings. The minimum atomic E-state index is -0.581. The molecular formula is C47H53FN10O4. The zero-order valence-electron chi connectivity index (χ0n) is 35.9. The maximum Gasteiger partial charge on any atom is 0.328 e. The van der Waals surface area contributed by atoms with E-state index in [1.807, 2.05) is 52.8 Å². The Bertz CT molecular complexity index is 2670. The molecule has 0 saturated carbocycles. The van der Waals surface area contributed by atoms with Crippen LogP contribution in [0.3, 0.4) is 0 Å². The summed E-state index contributed by atoms with van der Waals surface area (Å²) in [6.07, 6.45) is 6.06. The first kappa shape index (κ1) is 41.1. The lowest BCUT2D eigenvalue weighted by Crippen LogP contribution is -2.49. The van der Waals surface area contributed by atoms with E-state index in [-0.39, 0.29) is 41.9 Å². The lowest BCUT2D eigenvalue weighted by molar-refractivity contribution is -0.120. The van der Waals surface area contributed by atoms with Gasteiger partial charge in [0, 0.05) is 60.2 Å². The molecule has 9 rings (SSSR count). The number of nitrogens with one attached hydrogen (secondary N) is 3. The highest BCUT2D eigenvalue weighted by molar-refractivity contribution is 6.12. The van der Waals surface area contributed by atoms with E-state index in [0.717, 1.165) is 108 Å². The largest absolute Gasteiger partial charge is 0.371 e. The van der Waals surface area contributed by atoms with E-state index in [9.17, 15) is 14.4 Å². The average Bonchev–Trinajstić information content (AvgIpc) is 3.91. The minimum absolute atomic E-state index is 0.0492. The van der Waals surface area contributed by atoms with Gasteiger partial charge in [-0.1, -0.05) is 50.2 Å². The number of nitrogens with zero attached hydrogens (tertiary/aromatic N) is 7. The summed E-state index contributed by atoms with van der Waals surface area (Å²) in [7, 11) is 0. The second-order valence-electron chi connectivity index (χ2n) is 18.2. The summed E-state index contributed by atoms with van der Waals surface area (Å²) in [5, 5.41) is 11.3. The number of amides is 4. The van der Waals surface area contributed by atoms with Crippen LogP contribution in [0.2, 0.25) is 0 Å². The summed E-state index contributed by atoms with van der Waals surface area (Å²) in [6.45, 7) is 15.0. The number of rotatable bonds is 9. The van der Waals surface area contributed by atoms with Crippen molar-refractivity contribution in [2.45, 2.75) is 84.1 Å². The molecule has 62 heavy (non-hydrogen) atoms. The van der Waals surface area contributed by atoms with Crippen LogP contribution in [-0.4, -0.2) is 87.1 Å². The van der Waals surface area contributed by atoms with Crippen LogP contribution in [0.15, 0.2) is 65.4 Å². The molecule has 0 aliphatic carbocycles. The third kappa shape index (κ3) is 8.25. The number of halogens is 1. The maximum atomic E-state index is 15.2. The van der Waals surface area contributed by atoms with Gasteiger partial charge in [0.25, 0.3) is 0 Å². The summed E-state index contributed by atoms with van der Waals surface area (Å²) in [5.41, 5.74) is 7.71. The van der Waals surface area contributed by atoms with Crippen molar-refractivity contribution in [3.8, 4) is 11.3 Å². The van der Waals surface area contributed by atoms with Crippen molar-refractivity contribution < 1.29 is 23.3 Å². The molecule has 3 N–H and O–H groups in total. The van der Waals surface area contributed by atoms with Crippen molar-refractivity contribution in [1.82, 2.24) is 40.6 Å². The molecule has 0 radical (unpaired) electrons. The zero-order valence-corrected chi connectivity index (χ0v) is 35.9. The number of carbonyl (C=O) groups excluding carboxylic acids is 3. The van der Waals surface area contributed by atoms with Crippen molar-refractivity contribution in [3.63, 3.8) is 0 Å². The van der Waals surface area contributed by atoms with Gasteiger partial charge in [0.15, 0.2) is 5.82 Å². The van der Waals surface area contributed by atoms with Gasteiger partial charge in [-0.3, -0.25) is 19.8 Å². The second-order valence-corrected chi connectivity index (χ2v) is 18.2. The Balaban J connectivity index is 0.802. The number of hydrogen-bond acceptors (Lipinski definition) is 10. The first-order chi connectivity index (χ1) is 29.8. The van der Waals surface area contributed by atoms with Crippen molar-refractivity contribution in [1.29, 1.82) is 0 Å². The Hall–Kier alpha value is -6.22. The van der Waals surface area contributed by atoms with Gasteiger partial charge in [-0.2, -0.15) is 4.98 Å². The fourth-order valence-corrected chi connectivity index (χ4v) is 9.38. The Morgan fingerprint density at radius 1 is 0.968 bits per heavy atom. The second kappa shape index (κ2) is 16.6. The SMILES string of the molecule is Cc1cc(-c2ncnc3[nH]c4cc(C5CCN(CC6CCN(c7ccc(N8CCC(=O)NC8=O)c(F)c7)CC6)CC5)ccc4c23)ccc1[C@@H](C)NC(=O)c1nc(C(C)(C)C)no1. The zero-order chi connectivity index (χ0) is 43.3. The van der Waals surface area contributed by atoms with Crippen LogP contribution in [0.1, 0.15) is 105 Å². The van der Waals surface area contributed by atoms with Gasteiger partial charge in [-0.25, -0.2) is 19.2 Å². The summed E-state index contributed by atoms with van der Waals surface area (Å²) in [4.78, 5) is 60.2. The van der Waals surface area contributed by atoms with Crippen LogP contribution in [0, 0.1) is 18.7 Å². The smallest absolute Gasteiger partial charge is 0.328 e. The van der Waals surface area contributed by atoms with Gasteiger partial charge >= 0.3 is 17.8 Å². The normalized spacial score (nSPS) is 17.8. The predicted octanol–water partition coefficient (Wildman–Crippen LogP) is 7.94. The van der Waals surface area contributed by atoms with E-state index >= 15 is 4.39 Å². The summed E-state index contributed by atoms with van der Waals surface area (Å²) < 4.78 is 20.4. The number of urea groups is 1. The molecule has 3 aliphatic heterocycles. The first-order valence-electron chi connectivity index (χ1n) is 21.7. The van der Waals surface area contributed by atoms with Crippen LogP contribution >= 0.6 is 0 Å². The molecule has 4 amide bonds. The van der Waals surface area contributed by atoms with Gasteiger partial charge in [0.1, 0.15) is 17.8 Å². The third-order valence-corrected chi connectivity index (χ3v) is 12.9. The van der Waals surface area contributed by atoms with Crippen molar-refractivity contribution in [2.75, 3.05) is 49.1 Å². The predicted molar refractivity (Wildman–Crippen MR) is 236 cm³/mol. The van der Waals surface area contributed by atoms with Crippen molar-refractivity contribution in [2.24, 2.45) is 5.92 Å². The highest BCUT2D eigenvalue weighted by atomic mass is 19.1. The van der Waals surface area contributed by atoms with E-state index in [4.69, 9.17) is 9.51 Å². The molecule has 3 aliphatic rings. The lowest BCUT2D eigenvalue weighted by atomic mass is 9.87. The molecule has 3 fully saturated rings. The topological polar surface area (TPSA) is 165 Å². The number of hydrogen-bond donors (Lipinski definition) is 3. The van der Waals surface area contributed by atoms with Crippen LogP contribution < -0.4 is 20.4 Å². The van der Waals surface area contributed by atoms with Gasteiger partial charge in [-0.15, -0.1) is 0 Å². The Labute approximate surface area is 359 Å². The minimum Gasteiger partial charge on any atom is -0.371 e.